The Kier molecular flexibility index (Phi) is 9.42. The molecule has 2 fully saturated rings. The molecule has 0 heterocycles. The molecule has 1 aromatic carbocycles. The van der Waals surface area contributed by atoms with Gasteiger partial charge in [-0.3, -0.25) is 0 Å². The highest BCUT2D eigenvalue weighted by atomic mass is 14.3. The van der Waals surface area contributed by atoms with Gasteiger partial charge in [0.15, 0.2) is 0 Å². The zero-order valence-corrected chi connectivity index (χ0v) is 18.9. The Balaban J connectivity index is 1.36. The quantitative estimate of drug-likeness (QED) is 0.354. The van der Waals surface area contributed by atoms with Gasteiger partial charge in [-0.2, -0.15) is 0 Å². The standard InChI is InChI=1S/C28H46/c1-3-5-6-8-24-15-19-27(20-16-24)28-21-17-26(18-22-28)14-13-25-11-9-23(7-4-2)10-12-25/h17-18,21-25,27H,3-16,19-20H2,1-2H3/t23-,24-,25-,27-. The number of aryl methyl sites for hydroxylation is 1. The third-order valence-electron chi connectivity index (χ3n) is 8.02. The Morgan fingerprint density at radius 1 is 0.607 bits per heavy atom. The van der Waals surface area contributed by atoms with Gasteiger partial charge in [-0.1, -0.05) is 102 Å². The van der Waals surface area contributed by atoms with Crippen LogP contribution < -0.4 is 0 Å². The number of benzene rings is 1. The van der Waals surface area contributed by atoms with Crippen LogP contribution in [0.4, 0.5) is 0 Å². The van der Waals surface area contributed by atoms with Crippen molar-refractivity contribution in [3.05, 3.63) is 35.4 Å². The maximum absolute atomic E-state index is 2.47. The van der Waals surface area contributed by atoms with Gasteiger partial charge in [-0.15, -0.1) is 0 Å². The van der Waals surface area contributed by atoms with Crippen molar-refractivity contribution in [2.75, 3.05) is 0 Å². The summed E-state index contributed by atoms with van der Waals surface area (Å²) in [7, 11) is 0. The van der Waals surface area contributed by atoms with E-state index in [1.165, 1.54) is 103 Å². The molecule has 0 nitrogen and oxygen atoms in total. The van der Waals surface area contributed by atoms with E-state index in [1.54, 1.807) is 11.1 Å². The number of hydrogen-bond donors (Lipinski definition) is 0. The van der Waals surface area contributed by atoms with Crippen LogP contribution in [-0.2, 0) is 6.42 Å². The summed E-state index contributed by atoms with van der Waals surface area (Å²) >= 11 is 0. The van der Waals surface area contributed by atoms with E-state index in [-0.39, 0.29) is 0 Å². The van der Waals surface area contributed by atoms with Crippen molar-refractivity contribution in [2.24, 2.45) is 17.8 Å². The minimum Gasteiger partial charge on any atom is -0.0654 e. The average molecular weight is 383 g/mol. The van der Waals surface area contributed by atoms with Crippen molar-refractivity contribution in [3.63, 3.8) is 0 Å². The van der Waals surface area contributed by atoms with Gasteiger partial charge < -0.3 is 0 Å². The first-order chi connectivity index (χ1) is 13.8. The third-order valence-corrected chi connectivity index (χ3v) is 8.02. The highest BCUT2D eigenvalue weighted by Crippen LogP contribution is 2.38. The van der Waals surface area contributed by atoms with Crippen molar-refractivity contribution in [1.29, 1.82) is 0 Å². The van der Waals surface area contributed by atoms with Crippen LogP contribution in [0.25, 0.3) is 0 Å². The molecule has 3 rings (SSSR count). The summed E-state index contributed by atoms with van der Waals surface area (Å²) in [4.78, 5) is 0. The Bertz CT molecular complexity index is 511. The molecule has 0 saturated heterocycles. The van der Waals surface area contributed by atoms with Gasteiger partial charge in [-0.25, -0.2) is 0 Å². The second kappa shape index (κ2) is 12.0. The van der Waals surface area contributed by atoms with Gasteiger partial charge in [0, 0.05) is 0 Å². The number of hydrogen-bond acceptors (Lipinski definition) is 0. The second-order valence-corrected chi connectivity index (χ2v) is 10.2. The van der Waals surface area contributed by atoms with Gasteiger partial charge in [0.2, 0.25) is 0 Å². The predicted molar refractivity (Wildman–Crippen MR) is 124 cm³/mol. The first-order valence-electron chi connectivity index (χ1n) is 12.9. The largest absolute Gasteiger partial charge is 0.0654 e. The van der Waals surface area contributed by atoms with Crippen LogP contribution in [0.5, 0.6) is 0 Å². The average Bonchev–Trinajstić information content (AvgIpc) is 2.75. The molecule has 0 amide bonds. The summed E-state index contributed by atoms with van der Waals surface area (Å²) in [6, 6.07) is 9.84. The van der Waals surface area contributed by atoms with Crippen LogP contribution in [0.15, 0.2) is 24.3 Å². The first kappa shape index (κ1) is 21.9. The van der Waals surface area contributed by atoms with Crippen LogP contribution >= 0.6 is 0 Å². The van der Waals surface area contributed by atoms with Crippen molar-refractivity contribution < 1.29 is 0 Å². The minimum atomic E-state index is 0.838. The Morgan fingerprint density at radius 2 is 1.18 bits per heavy atom. The van der Waals surface area contributed by atoms with E-state index in [1.807, 2.05) is 0 Å². The van der Waals surface area contributed by atoms with Gasteiger partial charge >= 0.3 is 0 Å². The summed E-state index contributed by atoms with van der Waals surface area (Å²) in [6.45, 7) is 4.66. The molecule has 2 saturated carbocycles. The molecule has 0 heteroatoms. The molecular weight excluding hydrogens is 336 g/mol. The Labute approximate surface area is 175 Å². The van der Waals surface area contributed by atoms with Crippen LogP contribution in [0.2, 0.25) is 0 Å². The molecule has 158 valence electrons. The predicted octanol–water partition coefficient (Wildman–Crippen LogP) is 9.08. The summed E-state index contributed by atoms with van der Waals surface area (Å²) in [5.41, 5.74) is 3.20. The van der Waals surface area contributed by atoms with Crippen molar-refractivity contribution in [3.8, 4) is 0 Å². The fourth-order valence-electron chi connectivity index (χ4n) is 6.01. The van der Waals surface area contributed by atoms with Gasteiger partial charge in [0.1, 0.15) is 0 Å². The lowest BCUT2D eigenvalue weighted by Crippen LogP contribution is -2.15. The summed E-state index contributed by atoms with van der Waals surface area (Å²) in [5, 5.41) is 0. The monoisotopic (exact) mass is 382 g/mol. The van der Waals surface area contributed by atoms with Gasteiger partial charge in [0.05, 0.1) is 0 Å². The normalized spacial score (nSPS) is 28.4. The van der Waals surface area contributed by atoms with Crippen LogP contribution in [-0.4, -0.2) is 0 Å². The smallest absolute Gasteiger partial charge is 0.0162 e. The van der Waals surface area contributed by atoms with Crippen molar-refractivity contribution >= 4 is 0 Å². The van der Waals surface area contributed by atoms with E-state index in [0.717, 1.165) is 23.7 Å². The molecular formula is C28H46. The molecule has 0 spiro atoms. The molecule has 0 aromatic heterocycles. The lowest BCUT2D eigenvalue weighted by atomic mass is 9.76. The van der Waals surface area contributed by atoms with Gasteiger partial charge in [0.25, 0.3) is 0 Å². The Hall–Kier alpha value is -0.780. The van der Waals surface area contributed by atoms with Crippen LogP contribution in [0, 0.1) is 17.8 Å². The van der Waals surface area contributed by atoms with Crippen LogP contribution in [0.1, 0.15) is 127 Å². The summed E-state index contributed by atoms with van der Waals surface area (Å²) in [5.74, 6) is 3.90. The summed E-state index contributed by atoms with van der Waals surface area (Å²) < 4.78 is 0. The zero-order valence-electron chi connectivity index (χ0n) is 18.9. The van der Waals surface area contributed by atoms with E-state index in [2.05, 4.69) is 38.1 Å². The van der Waals surface area contributed by atoms with Crippen LogP contribution in [0.3, 0.4) is 0 Å². The topological polar surface area (TPSA) is 0 Å². The molecule has 0 bridgehead atoms. The number of rotatable bonds is 10. The Morgan fingerprint density at radius 3 is 1.79 bits per heavy atom. The molecule has 1 aromatic rings. The van der Waals surface area contributed by atoms with E-state index in [4.69, 9.17) is 0 Å². The molecule has 0 radical (unpaired) electrons. The summed E-state index contributed by atoms with van der Waals surface area (Å²) in [6.07, 6.45) is 23.1. The highest BCUT2D eigenvalue weighted by molar-refractivity contribution is 5.26. The third kappa shape index (κ3) is 6.93. The van der Waals surface area contributed by atoms with E-state index < -0.39 is 0 Å². The molecule has 0 aliphatic heterocycles. The first-order valence-corrected chi connectivity index (χ1v) is 12.9. The van der Waals surface area contributed by atoms with E-state index in [0.29, 0.717) is 0 Å². The zero-order chi connectivity index (χ0) is 19.6. The minimum absolute atomic E-state index is 0.838. The van der Waals surface area contributed by atoms with E-state index in [9.17, 15) is 0 Å². The van der Waals surface area contributed by atoms with E-state index >= 15 is 0 Å². The molecule has 0 atom stereocenters. The fraction of sp³-hybridized carbons (Fsp3) is 0.786. The molecule has 0 unspecified atom stereocenters. The van der Waals surface area contributed by atoms with Gasteiger partial charge in [-0.05, 0) is 73.3 Å². The number of unbranched alkanes of at least 4 members (excludes halogenated alkanes) is 2. The molecule has 2 aliphatic rings. The highest BCUT2D eigenvalue weighted by Gasteiger charge is 2.22. The van der Waals surface area contributed by atoms with Crippen molar-refractivity contribution in [1.82, 2.24) is 0 Å². The van der Waals surface area contributed by atoms with Crippen molar-refractivity contribution in [2.45, 2.75) is 122 Å². The lowest BCUT2D eigenvalue weighted by molar-refractivity contribution is 0.252. The molecule has 0 N–H and O–H groups in total. The molecule has 28 heavy (non-hydrogen) atoms. The lowest BCUT2D eigenvalue weighted by Gasteiger charge is -2.29. The SMILES string of the molecule is CCCCC[C@H]1CC[C@H](c2ccc(CC[C@H]3CC[C@H](CCC)CC3)cc2)CC1. The second-order valence-electron chi connectivity index (χ2n) is 10.2. The molecule has 2 aliphatic carbocycles. The maximum Gasteiger partial charge on any atom is -0.0162 e. The maximum atomic E-state index is 2.47. The fourth-order valence-corrected chi connectivity index (χ4v) is 6.01.